The Hall–Kier alpha value is -1.21. The molecule has 164 valence electrons. The third-order valence-electron chi connectivity index (χ3n) is 6.88. The van der Waals surface area contributed by atoms with Crippen molar-refractivity contribution in [2.45, 2.75) is 90.4 Å². The molecule has 1 saturated heterocycles. The molecule has 5 nitrogen and oxygen atoms in total. The molecule has 0 radical (unpaired) electrons. The van der Waals surface area contributed by atoms with E-state index in [-0.39, 0.29) is 21.7 Å². The predicted octanol–water partition coefficient (Wildman–Crippen LogP) is 5.66. The van der Waals surface area contributed by atoms with E-state index in [1.165, 1.54) is 0 Å². The van der Waals surface area contributed by atoms with Gasteiger partial charge in [0.25, 0.3) is 0 Å². The number of nitrogens with zero attached hydrogens (tertiary/aromatic N) is 1. The Balaban J connectivity index is 2.21. The molecule has 1 unspecified atom stereocenters. The molecular weight excluding hydrogens is 382 g/mol. The van der Waals surface area contributed by atoms with Crippen LogP contribution in [0.4, 0.5) is 4.79 Å². The second-order valence-electron chi connectivity index (χ2n) is 10.9. The molecule has 1 aliphatic rings. The molecule has 1 N–H and O–H groups in total. The lowest BCUT2D eigenvalue weighted by Crippen LogP contribution is -2.67. The Bertz CT molecular complexity index is 693. The molecule has 3 atom stereocenters. The number of rotatable bonds is 6. The van der Waals surface area contributed by atoms with Gasteiger partial charge in [-0.25, -0.2) is 4.48 Å². The molecule has 1 aromatic carbocycles. The van der Waals surface area contributed by atoms with Gasteiger partial charge >= 0.3 is 6.09 Å². The van der Waals surface area contributed by atoms with Gasteiger partial charge in [0.15, 0.2) is 8.32 Å². The zero-order chi connectivity index (χ0) is 22.1. The van der Waals surface area contributed by atoms with Gasteiger partial charge in [0, 0.05) is 6.42 Å². The molecule has 1 amide bonds. The molecule has 1 aliphatic heterocycles. The molecule has 2 rings (SSSR count). The Labute approximate surface area is 177 Å². The first kappa shape index (κ1) is 24.1. The summed E-state index contributed by atoms with van der Waals surface area (Å²) in [5, 5.41) is 10.4. The SMILES string of the molecule is CC(C)(C)[N+]1(C(=O)O)C[C@@H](O[Si](C)(C)C(C)(C)C)C[C@@H]1COCc1ccccc1. The second kappa shape index (κ2) is 8.50. The molecule has 0 aromatic heterocycles. The minimum absolute atomic E-state index is 0.0128. The van der Waals surface area contributed by atoms with Crippen LogP contribution in [-0.2, 0) is 15.8 Å². The minimum atomic E-state index is -1.98. The fourth-order valence-corrected chi connectivity index (χ4v) is 5.49. The monoisotopic (exact) mass is 422 g/mol. The average molecular weight is 423 g/mol. The van der Waals surface area contributed by atoms with Crippen LogP contribution in [0.15, 0.2) is 30.3 Å². The summed E-state index contributed by atoms with van der Waals surface area (Å²) in [6, 6.07) is 9.89. The number of ether oxygens (including phenoxy) is 1. The fraction of sp³-hybridized carbons (Fsp3) is 0.696. The van der Waals surface area contributed by atoms with Crippen LogP contribution in [0.5, 0.6) is 0 Å². The molecule has 29 heavy (non-hydrogen) atoms. The summed E-state index contributed by atoms with van der Waals surface area (Å²) in [4.78, 5) is 12.6. The van der Waals surface area contributed by atoms with Crippen molar-refractivity contribution in [2.75, 3.05) is 13.2 Å². The molecule has 0 aliphatic carbocycles. The smallest absolute Gasteiger partial charge is 0.435 e. The number of carbonyl (C=O) groups is 1. The number of amides is 1. The third-order valence-corrected chi connectivity index (χ3v) is 11.4. The highest BCUT2D eigenvalue weighted by molar-refractivity contribution is 6.74. The van der Waals surface area contributed by atoms with Crippen molar-refractivity contribution in [1.29, 1.82) is 0 Å². The van der Waals surface area contributed by atoms with Gasteiger partial charge in [-0.3, -0.25) is 0 Å². The quantitative estimate of drug-likeness (QED) is 0.475. The normalized spacial score (nSPS) is 25.9. The largest absolute Gasteiger partial charge is 0.514 e. The highest BCUT2D eigenvalue weighted by Crippen LogP contribution is 2.43. The van der Waals surface area contributed by atoms with Crippen LogP contribution in [0.25, 0.3) is 0 Å². The Morgan fingerprint density at radius 2 is 1.72 bits per heavy atom. The highest BCUT2D eigenvalue weighted by atomic mass is 28.4. The van der Waals surface area contributed by atoms with Crippen molar-refractivity contribution in [2.24, 2.45) is 0 Å². The first-order chi connectivity index (χ1) is 13.2. The number of hydrogen-bond acceptors (Lipinski definition) is 3. The van der Waals surface area contributed by atoms with Crippen LogP contribution >= 0.6 is 0 Å². The predicted molar refractivity (Wildman–Crippen MR) is 119 cm³/mol. The van der Waals surface area contributed by atoms with Crippen LogP contribution in [0.3, 0.4) is 0 Å². The molecule has 0 bridgehead atoms. The van der Waals surface area contributed by atoms with Crippen LogP contribution in [0.2, 0.25) is 18.1 Å². The van der Waals surface area contributed by atoms with Crippen LogP contribution < -0.4 is 0 Å². The van der Waals surface area contributed by atoms with Crippen molar-refractivity contribution in [3.8, 4) is 0 Å². The number of hydrogen-bond donors (Lipinski definition) is 1. The molecule has 1 aromatic rings. The van der Waals surface area contributed by atoms with Gasteiger partial charge in [0.2, 0.25) is 0 Å². The van der Waals surface area contributed by atoms with Crippen molar-refractivity contribution in [3.63, 3.8) is 0 Å². The summed E-state index contributed by atoms with van der Waals surface area (Å²) in [5.74, 6) is 0. The summed E-state index contributed by atoms with van der Waals surface area (Å²) in [6.45, 7) is 18.6. The lowest BCUT2D eigenvalue weighted by atomic mass is 10.00. The number of benzene rings is 1. The van der Waals surface area contributed by atoms with Gasteiger partial charge in [-0.1, -0.05) is 51.1 Å². The van der Waals surface area contributed by atoms with Gasteiger partial charge in [-0.05, 0) is 44.5 Å². The maximum Gasteiger partial charge on any atom is 0.514 e. The van der Waals surface area contributed by atoms with E-state index < -0.39 is 19.9 Å². The maximum atomic E-state index is 12.6. The topological polar surface area (TPSA) is 55.8 Å². The number of quaternary nitrogens is 1. The van der Waals surface area contributed by atoms with Gasteiger partial charge in [-0.15, -0.1) is 0 Å². The zero-order valence-corrected chi connectivity index (χ0v) is 20.5. The van der Waals surface area contributed by atoms with E-state index in [1.807, 2.05) is 51.1 Å². The lowest BCUT2D eigenvalue weighted by Gasteiger charge is -2.45. The maximum absolute atomic E-state index is 12.6. The van der Waals surface area contributed by atoms with Gasteiger partial charge < -0.3 is 14.3 Å². The molecule has 0 saturated carbocycles. The highest BCUT2D eigenvalue weighted by Gasteiger charge is 2.60. The Kier molecular flexibility index (Phi) is 7.05. The average Bonchev–Trinajstić information content (AvgIpc) is 2.93. The Morgan fingerprint density at radius 1 is 1.14 bits per heavy atom. The summed E-state index contributed by atoms with van der Waals surface area (Å²) in [6.07, 6.45) is -0.131. The summed E-state index contributed by atoms with van der Waals surface area (Å²) in [7, 11) is -1.98. The number of likely N-dealkylation sites (tertiary alicyclic amines) is 1. The van der Waals surface area contributed by atoms with Crippen LogP contribution in [0, 0.1) is 0 Å². The Morgan fingerprint density at radius 3 is 2.21 bits per heavy atom. The van der Waals surface area contributed by atoms with Crippen molar-refractivity contribution >= 4 is 14.4 Å². The van der Waals surface area contributed by atoms with Gasteiger partial charge in [0.05, 0.1) is 13.2 Å². The van der Waals surface area contributed by atoms with Crippen molar-refractivity contribution in [3.05, 3.63) is 35.9 Å². The minimum Gasteiger partial charge on any atom is -0.435 e. The molecule has 1 heterocycles. The summed E-state index contributed by atoms with van der Waals surface area (Å²) >= 11 is 0. The van der Waals surface area contributed by atoms with Crippen molar-refractivity contribution in [1.82, 2.24) is 0 Å². The van der Waals surface area contributed by atoms with Crippen LogP contribution in [0.1, 0.15) is 53.5 Å². The van der Waals surface area contributed by atoms with E-state index in [9.17, 15) is 9.90 Å². The van der Waals surface area contributed by atoms with E-state index >= 15 is 0 Å². The number of carboxylic acid groups (broad SMARTS) is 1. The second-order valence-corrected chi connectivity index (χ2v) is 15.7. The molecular formula is C23H40NO4Si+. The van der Waals surface area contributed by atoms with Gasteiger partial charge in [0.1, 0.15) is 24.2 Å². The molecule has 6 heteroatoms. The van der Waals surface area contributed by atoms with E-state index in [4.69, 9.17) is 9.16 Å². The van der Waals surface area contributed by atoms with E-state index in [1.54, 1.807) is 0 Å². The zero-order valence-electron chi connectivity index (χ0n) is 19.5. The van der Waals surface area contributed by atoms with Crippen LogP contribution in [-0.4, -0.2) is 54.8 Å². The summed E-state index contributed by atoms with van der Waals surface area (Å²) in [5.41, 5.74) is 0.654. The van der Waals surface area contributed by atoms with E-state index in [2.05, 4.69) is 33.9 Å². The van der Waals surface area contributed by atoms with E-state index in [0.717, 1.165) is 5.56 Å². The van der Waals surface area contributed by atoms with Gasteiger partial charge in [-0.2, -0.15) is 4.79 Å². The molecule has 0 spiro atoms. The van der Waals surface area contributed by atoms with E-state index in [0.29, 0.717) is 26.2 Å². The standard InChI is InChI=1S/C23H39NO4Si/c1-22(2,3)24(21(25)26)15-20(28-29(7,8)23(4,5)6)14-19(24)17-27-16-18-12-10-9-11-13-18/h9-13,19-20H,14-17H2,1-8H3/p+1/t19-,20+,24?/m1/s1. The van der Waals surface area contributed by atoms with Crippen molar-refractivity contribution < 1.29 is 23.5 Å². The first-order valence-corrected chi connectivity index (χ1v) is 13.5. The summed E-state index contributed by atoms with van der Waals surface area (Å²) < 4.78 is 12.7. The molecule has 1 fully saturated rings. The third kappa shape index (κ3) is 5.10. The fourth-order valence-electron chi connectivity index (χ4n) is 4.13. The lowest BCUT2D eigenvalue weighted by molar-refractivity contribution is -0.916. The first-order valence-electron chi connectivity index (χ1n) is 10.6.